The lowest BCUT2D eigenvalue weighted by molar-refractivity contribution is 0.0997. The number of ether oxygens (including phenoxy) is 2. The second kappa shape index (κ2) is 7.31. The van der Waals surface area contributed by atoms with Gasteiger partial charge in [0.05, 0.1) is 14.2 Å². The van der Waals surface area contributed by atoms with Crippen molar-refractivity contribution in [2.45, 2.75) is 0 Å². The first kappa shape index (κ1) is 16.9. The number of aromatic nitrogens is 2. The Kier molecular flexibility index (Phi) is 4.95. The van der Waals surface area contributed by atoms with Gasteiger partial charge < -0.3 is 14.4 Å². The molecule has 3 aromatic rings. The van der Waals surface area contributed by atoms with Crippen molar-refractivity contribution >= 4 is 23.1 Å². The van der Waals surface area contributed by atoms with Gasteiger partial charge in [-0.3, -0.25) is 4.79 Å². The molecule has 2 aromatic carbocycles. The van der Waals surface area contributed by atoms with E-state index in [0.29, 0.717) is 16.3 Å². The van der Waals surface area contributed by atoms with E-state index in [1.54, 1.807) is 32.2 Å². The zero-order valence-electron chi connectivity index (χ0n) is 14.1. The van der Waals surface area contributed by atoms with Gasteiger partial charge in [-0.2, -0.15) is 0 Å². The van der Waals surface area contributed by atoms with Crippen molar-refractivity contribution in [3.8, 4) is 22.8 Å². The molecule has 0 saturated carbocycles. The highest BCUT2D eigenvalue weighted by atomic mass is 32.1. The van der Waals surface area contributed by atoms with Crippen LogP contribution >= 0.6 is 11.5 Å². The molecule has 128 valence electrons. The molecule has 7 heteroatoms. The summed E-state index contributed by atoms with van der Waals surface area (Å²) < 4.78 is 14.3. The number of rotatable bonds is 5. The van der Waals surface area contributed by atoms with E-state index in [1.807, 2.05) is 42.5 Å². The zero-order chi connectivity index (χ0) is 17.8. The van der Waals surface area contributed by atoms with Gasteiger partial charge in [0.2, 0.25) is 0 Å². The predicted molar refractivity (Wildman–Crippen MR) is 97.6 cm³/mol. The van der Waals surface area contributed by atoms with Gasteiger partial charge in [0, 0.05) is 24.4 Å². The smallest absolute Gasteiger partial charge is 0.272 e. The first-order valence-corrected chi connectivity index (χ1v) is 8.30. The highest BCUT2D eigenvalue weighted by Gasteiger charge is 2.22. The van der Waals surface area contributed by atoms with Crippen molar-refractivity contribution in [2.24, 2.45) is 0 Å². The summed E-state index contributed by atoms with van der Waals surface area (Å²) in [6, 6.07) is 14.7. The van der Waals surface area contributed by atoms with Crippen LogP contribution in [0.15, 0.2) is 48.5 Å². The molecule has 0 radical (unpaired) electrons. The van der Waals surface area contributed by atoms with Crippen molar-refractivity contribution in [3.05, 3.63) is 53.4 Å². The predicted octanol–water partition coefficient (Wildman–Crippen LogP) is 3.50. The maximum atomic E-state index is 12.9. The maximum Gasteiger partial charge on any atom is 0.272 e. The van der Waals surface area contributed by atoms with Crippen LogP contribution in [0.1, 0.15) is 9.67 Å². The molecular weight excluding hydrogens is 338 g/mol. The number of nitrogens with zero attached hydrogens (tertiary/aromatic N) is 3. The van der Waals surface area contributed by atoms with Gasteiger partial charge in [-0.25, -0.2) is 0 Å². The summed E-state index contributed by atoms with van der Waals surface area (Å²) in [6.45, 7) is 0. The van der Waals surface area contributed by atoms with Crippen LogP contribution in [-0.2, 0) is 0 Å². The number of methoxy groups -OCH3 is 2. The molecule has 0 aliphatic heterocycles. The van der Waals surface area contributed by atoms with Crippen LogP contribution in [0.5, 0.6) is 11.5 Å². The van der Waals surface area contributed by atoms with E-state index >= 15 is 0 Å². The minimum absolute atomic E-state index is 0.172. The molecule has 0 N–H and O–H groups in total. The summed E-state index contributed by atoms with van der Waals surface area (Å²) in [5.74, 6) is 1.26. The van der Waals surface area contributed by atoms with Gasteiger partial charge in [0.25, 0.3) is 5.91 Å². The van der Waals surface area contributed by atoms with Crippen molar-refractivity contribution in [1.29, 1.82) is 0 Å². The first-order valence-electron chi connectivity index (χ1n) is 7.53. The van der Waals surface area contributed by atoms with E-state index in [1.165, 1.54) is 0 Å². The van der Waals surface area contributed by atoms with E-state index in [4.69, 9.17) is 9.47 Å². The van der Waals surface area contributed by atoms with E-state index in [2.05, 4.69) is 9.59 Å². The number of hydrogen-bond acceptors (Lipinski definition) is 6. The second-order valence-corrected chi connectivity index (χ2v) is 6.00. The molecule has 6 nitrogen and oxygen atoms in total. The van der Waals surface area contributed by atoms with Crippen LogP contribution in [-0.4, -0.2) is 36.8 Å². The summed E-state index contributed by atoms with van der Waals surface area (Å²) in [5, 5.41) is 4.13. The summed E-state index contributed by atoms with van der Waals surface area (Å²) in [5.41, 5.74) is 2.11. The van der Waals surface area contributed by atoms with Gasteiger partial charge in [0.1, 0.15) is 22.1 Å². The molecule has 0 unspecified atom stereocenters. The Morgan fingerprint density at radius 1 is 1.04 bits per heavy atom. The second-order valence-electron chi connectivity index (χ2n) is 5.24. The number of anilines is 1. The van der Waals surface area contributed by atoms with Crippen molar-refractivity contribution < 1.29 is 14.3 Å². The molecule has 0 aliphatic carbocycles. The lowest BCUT2D eigenvalue weighted by Gasteiger charge is -2.17. The van der Waals surface area contributed by atoms with Crippen molar-refractivity contribution in [2.75, 3.05) is 26.2 Å². The molecular formula is C18H17N3O3S. The average Bonchev–Trinajstić information content (AvgIpc) is 3.16. The molecule has 1 heterocycles. The molecule has 0 atom stereocenters. The normalized spacial score (nSPS) is 10.4. The SMILES string of the molecule is COc1ccc(-c2nnsc2C(=O)N(C)c2cccc(OC)c2)cc1. The van der Waals surface area contributed by atoms with E-state index in [9.17, 15) is 4.79 Å². The third kappa shape index (κ3) is 3.46. The third-order valence-corrected chi connectivity index (χ3v) is 4.50. The van der Waals surface area contributed by atoms with Crippen LogP contribution in [0.25, 0.3) is 11.3 Å². The molecule has 0 aliphatic rings. The topological polar surface area (TPSA) is 64.6 Å². The highest BCUT2D eigenvalue weighted by Crippen LogP contribution is 2.28. The standard InChI is InChI=1S/C18H17N3O3S/c1-21(13-5-4-6-15(11-13)24-3)18(22)17-16(19-20-25-17)12-7-9-14(23-2)10-8-12/h4-11H,1-3H3. The molecule has 25 heavy (non-hydrogen) atoms. The molecule has 3 rings (SSSR count). The van der Waals surface area contributed by atoms with Gasteiger partial charge in [-0.1, -0.05) is 10.6 Å². The molecule has 0 saturated heterocycles. The summed E-state index contributed by atoms with van der Waals surface area (Å²) >= 11 is 1.08. The molecule has 0 spiro atoms. The Hall–Kier alpha value is -2.93. The molecule has 1 aromatic heterocycles. The number of hydrogen-bond donors (Lipinski definition) is 0. The average molecular weight is 355 g/mol. The lowest BCUT2D eigenvalue weighted by Crippen LogP contribution is -2.25. The van der Waals surface area contributed by atoms with Gasteiger partial charge in [-0.15, -0.1) is 5.10 Å². The van der Waals surface area contributed by atoms with Crippen LogP contribution in [0.2, 0.25) is 0 Å². The van der Waals surface area contributed by atoms with Gasteiger partial charge in [-0.05, 0) is 47.9 Å². The summed E-state index contributed by atoms with van der Waals surface area (Å²) in [7, 11) is 4.92. The zero-order valence-corrected chi connectivity index (χ0v) is 14.9. The van der Waals surface area contributed by atoms with Crippen LogP contribution in [0.3, 0.4) is 0 Å². The Labute approximate surface area is 149 Å². The van der Waals surface area contributed by atoms with Gasteiger partial charge in [0.15, 0.2) is 0 Å². The summed E-state index contributed by atoms with van der Waals surface area (Å²) in [6.07, 6.45) is 0. The Bertz CT molecular complexity index is 877. The number of amides is 1. The van der Waals surface area contributed by atoms with E-state index in [-0.39, 0.29) is 5.91 Å². The number of carbonyl (C=O) groups excluding carboxylic acids is 1. The largest absolute Gasteiger partial charge is 0.497 e. The van der Waals surface area contributed by atoms with Crippen LogP contribution in [0.4, 0.5) is 5.69 Å². The summed E-state index contributed by atoms with van der Waals surface area (Å²) in [4.78, 5) is 15.0. The van der Waals surface area contributed by atoms with Crippen LogP contribution in [0, 0.1) is 0 Å². The van der Waals surface area contributed by atoms with Crippen molar-refractivity contribution in [1.82, 2.24) is 9.59 Å². The quantitative estimate of drug-likeness (QED) is 0.701. The Morgan fingerprint density at radius 2 is 1.76 bits per heavy atom. The minimum atomic E-state index is -0.172. The minimum Gasteiger partial charge on any atom is -0.497 e. The molecule has 0 fully saturated rings. The molecule has 0 bridgehead atoms. The first-order chi connectivity index (χ1) is 12.1. The monoisotopic (exact) mass is 355 g/mol. The van der Waals surface area contributed by atoms with E-state index in [0.717, 1.165) is 28.5 Å². The van der Waals surface area contributed by atoms with Gasteiger partial charge >= 0.3 is 0 Å². The Morgan fingerprint density at radius 3 is 2.44 bits per heavy atom. The lowest BCUT2D eigenvalue weighted by atomic mass is 10.1. The van der Waals surface area contributed by atoms with Crippen molar-refractivity contribution in [3.63, 3.8) is 0 Å². The Balaban J connectivity index is 1.91. The fourth-order valence-corrected chi connectivity index (χ4v) is 3.02. The molecule has 1 amide bonds. The van der Waals surface area contributed by atoms with E-state index < -0.39 is 0 Å². The van der Waals surface area contributed by atoms with Crippen LogP contribution < -0.4 is 14.4 Å². The maximum absolute atomic E-state index is 12.9. The third-order valence-electron chi connectivity index (χ3n) is 3.79. The highest BCUT2D eigenvalue weighted by molar-refractivity contribution is 7.08. The fourth-order valence-electron chi connectivity index (χ4n) is 2.36. The number of benzene rings is 2. The fraction of sp³-hybridized carbons (Fsp3) is 0.167. The number of carbonyl (C=O) groups is 1.